The zero-order valence-electron chi connectivity index (χ0n) is 7.25. The van der Waals surface area contributed by atoms with Crippen LogP contribution >= 0.6 is 0 Å². The molecule has 1 heterocycles. The van der Waals surface area contributed by atoms with Crippen LogP contribution in [0, 0.1) is 18.3 Å². The van der Waals surface area contributed by atoms with Crippen molar-refractivity contribution in [2.24, 2.45) is 5.92 Å². The first kappa shape index (κ1) is 9.08. The molecule has 1 atom stereocenters. The molecule has 0 aliphatic carbocycles. The molecule has 0 amide bonds. The zero-order chi connectivity index (χ0) is 8.97. The van der Waals surface area contributed by atoms with Gasteiger partial charge in [0.15, 0.2) is 0 Å². The molecule has 1 fully saturated rings. The maximum Gasteiger partial charge on any atom is 0.310 e. The summed E-state index contributed by atoms with van der Waals surface area (Å²) in [5, 5.41) is 0. The van der Waals surface area contributed by atoms with Crippen LogP contribution in [-0.4, -0.2) is 37.6 Å². The van der Waals surface area contributed by atoms with Crippen molar-refractivity contribution < 1.29 is 9.53 Å². The number of terminal acetylenes is 1. The van der Waals surface area contributed by atoms with Crippen molar-refractivity contribution in [3.05, 3.63) is 0 Å². The Labute approximate surface area is 72.7 Å². The lowest BCUT2D eigenvalue weighted by atomic mass is 10.1. The quantitative estimate of drug-likeness (QED) is 0.432. The topological polar surface area (TPSA) is 29.5 Å². The monoisotopic (exact) mass is 167 g/mol. The fraction of sp³-hybridized carbons (Fsp3) is 0.667. The van der Waals surface area contributed by atoms with Gasteiger partial charge < -0.3 is 4.74 Å². The molecule has 3 heteroatoms. The van der Waals surface area contributed by atoms with E-state index in [4.69, 9.17) is 6.42 Å². The summed E-state index contributed by atoms with van der Waals surface area (Å²) in [6.45, 7) is 2.29. The number of methoxy groups -OCH3 is 1. The van der Waals surface area contributed by atoms with Crippen molar-refractivity contribution in [1.29, 1.82) is 0 Å². The summed E-state index contributed by atoms with van der Waals surface area (Å²) in [5.41, 5.74) is 0. The summed E-state index contributed by atoms with van der Waals surface area (Å²) in [6.07, 6.45) is 6.02. The third-order valence-electron chi connectivity index (χ3n) is 2.12. The van der Waals surface area contributed by atoms with Gasteiger partial charge in [0.25, 0.3) is 0 Å². The molecule has 12 heavy (non-hydrogen) atoms. The van der Waals surface area contributed by atoms with Gasteiger partial charge in [-0.15, -0.1) is 6.42 Å². The van der Waals surface area contributed by atoms with Crippen LogP contribution in [0.25, 0.3) is 0 Å². The number of carbonyl (C=O) groups is 1. The van der Waals surface area contributed by atoms with E-state index in [-0.39, 0.29) is 11.9 Å². The SMILES string of the molecule is C#CCN1CCC(C(=O)OC)C1. The number of likely N-dealkylation sites (tertiary alicyclic amines) is 1. The number of nitrogens with zero attached hydrogens (tertiary/aromatic N) is 1. The van der Waals surface area contributed by atoms with E-state index >= 15 is 0 Å². The maximum absolute atomic E-state index is 11.1. The minimum Gasteiger partial charge on any atom is -0.469 e. The van der Waals surface area contributed by atoms with E-state index in [9.17, 15) is 4.79 Å². The number of ether oxygens (including phenoxy) is 1. The fourth-order valence-corrected chi connectivity index (χ4v) is 1.46. The van der Waals surface area contributed by atoms with Crippen molar-refractivity contribution in [3.63, 3.8) is 0 Å². The van der Waals surface area contributed by atoms with Gasteiger partial charge in [0.2, 0.25) is 0 Å². The van der Waals surface area contributed by atoms with Crippen molar-refractivity contribution in [1.82, 2.24) is 4.90 Å². The number of carbonyl (C=O) groups excluding carboxylic acids is 1. The third kappa shape index (κ3) is 1.99. The first-order chi connectivity index (χ1) is 5.77. The van der Waals surface area contributed by atoms with Crippen LogP contribution in [0.5, 0.6) is 0 Å². The van der Waals surface area contributed by atoms with Crippen molar-refractivity contribution in [2.45, 2.75) is 6.42 Å². The van der Waals surface area contributed by atoms with Crippen LogP contribution in [0.1, 0.15) is 6.42 Å². The van der Waals surface area contributed by atoms with Gasteiger partial charge in [0.1, 0.15) is 0 Å². The maximum atomic E-state index is 11.1. The fourth-order valence-electron chi connectivity index (χ4n) is 1.46. The van der Waals surface area contributed by atoms with E-state index in [1.54, 1.807) is 0 Å². The van der Waals surface area contributed by atoms with Gasteiger partial charge in [0, 0.05) is 6.54 Å². The molecule has 66 valence electrons. The van der Waals surface area contributed by atoms with E-state index in [0.29, 0.717) is 6.54 Å². The normalized spacial score (nSPS) is 23.5. The number of hydrogen-bond donors (Lipinski definition) is 0. The minimum atomic E-state index is -0.116. The van der Waals surface area contributed by atoms with Crippen molar-refractivity contribution >= 4 is 5.97 Å². The number of esters is 1. The standard InChI is InChI=1S/C9H13NO2/c1-3-5-10-6-4-8(7-10)9(11)12-2/h1,8H,4-7H2,2H3. The third-order valence-corrected chi connectivity index (χ3v) is 2.12. The van der Waals surface area contributed by atoms with E-state index < -0.39 is 0 Å². The Balaban J connectivity index is 2.36. The van der Waals surface area contributed by atoms with Gasteiger partial charge in [-0.25, -0.2) is 0 Å². The van der Waals surface area contributed by atoms with Gasteiger partial charge in [0.05, 0.1) is 19.6 Å². The summed E-state index contributed by atoms with van der Waals surface area (Å²) < 4.78 is 4.64. The average Bonchev–Trinajstić information content (AvgIpc) is 2.52. The molecule has 0 radical (unpaired) electrons. The predicted octanol–water partition coefficient (Wildman–Crippen LogP) is 0.115. The highest BCUT2D eigenvalue weighted by atomic mass is 16.5. The van der Waals surface area contributed by atoms with Crippen LogP contribution in [0.15, 0.2) is 0 Å². The van der Waals surface area contributed by atoms with E-state index in [0.717, 1.165) is 19.5 Å². The van der Waals surface area contributed by atoms with Crippen LogP contribution in [0.2, 0.25) is 0 Å². The molecule has 1 saturated heterocycles. The largest absolute Gasteiger partial charge is 0.469 e. The molecule has 1 aliphatic rings. The minimum absolute atomic E-state index is 0.0309. The smallest absolute Gasteiger partial charge is 0.310 e. The van der Waals surface area contributed by atoms with Crippen molar-refractivity contribution in [3.8, 4) is 12.3 Å². The molecule has 1 unspecified atom stereocenters. The first-order valence-corrected chi connectivity index (χ1v) is 4.01. The average molecular weight is 167 g/mol. The van der Waals surface area contributed by atoms with Gasteiger partial charge in [-0.3, -0.25) is 9.69 Å². The summed E-state index contributed by atoms with van der Waals surface area (Å²) in [5.74, 6) is 2.48. The van der Waals surface area contributed by atoms with E-state index in [1.165, 1.54) is 7.11 Å². The molecule has 3 nitrogen and oxygen atoms in total. The van der Waals surface area contributed by atoms with Crippen LogP contribution in [0.3, 0.4) is 0 Å². The molecule has 1 aliphatic heterocycles. The molecule has 0 bridgehead atoms. The molecule has 0 saturated carbocycles. The predicted molar refractivity (Wildman–Crippen MR) is 45.4 cm³/mol. The molecule has 0 aromatic carbocycles. The zero-order valence-corrected chi connectivity index (χ0v) is 7.25. The first-order valence-electron chi connectivity index (χ1n) is 4.01. The lowest BCUT2D eigenvalue weighted by molar-refractivity contribution is -0.144. The van der Waals surface area contributed by atoms with Gasteiger partial charge in [-0.2, -0.15) is 0 Å². The molecule has 0 aromatic heterocycles. The lowest BCUT2D eigenvalue weighted by Crippen LogP contribution is -2.24. The second-order valence-corrected chi connectivity index (χ2v) is 2.95. The highest BCUT2D eigenvalue weighted by Gasteiger charge is 2.28. The molecule has 1 rings (SSSR count). The Morgan fingerprint density at radius 3 is 3.17 bits per heavy atom. The number of rotatable bonds is 2. The molecular weight excluding hydrogens is 154 g/mol. The Morgan fingerprint density at radius 2 is 2.58 bits per heavy atom. The van der Waals surface area contributed by atoms with E-state index in [1.807, 2.05) is 0 Å². The Hall–Kier alpha value is -1.01. The van der Waals surface area contributed by atoms with Crippen LogP contribution in [-0.2, 0) is 9.53 Å². The summed E-state index contributed by atoms with van der Waals surface area (Å²) in [4.78, 5) is 13.1. The summed E-state index contributed by atoms with van der Waals surface area (Å²) in [6, 6.07) is 0. The van der Waals surface area contributed by atoms with Gasteiger partial charge >= 0.3 is 5.97 Å². The van der Waals surface area contributed by atoms with Crippen LogP contribution in [0.4, 0.5) is 0 Å². The number of hydrogen-bond acceptors (Lipinski definition) is 3. The Kier molecular flexibility index (Phi) is 3.12. The lowest BCUT2D eigenvalue weighted by Gasteiger charge is -2.10. The highest BCUT2D eigenvalue weighted by molar-refractivity contribution is 5.72. The molecule has 0 aromatic rings. The van der Waals surface area contributed by atoms with Crippen LogP contribution < -0.4 is 0 Å². The Bertz CT molecular complexity index is 207. The summed E-state index contributed by atoms with van der Waals surface area (Å²) in [7, 11) is 1.42. The second kappa shape index (κ2) is 4.13. The van der Waals surface area contributed by atoms with Gasteiger partial charge in [-0.1, -0.05) is 5.92 Å². The van der Waals surface area contributed by atoms with Gasteiger partial charge in [-0.05, 0) is 13.0 Å². The molecule has 0 N–H and O–H groups in total. The Morgan fingerprint density at radius 1 is 1.83 bits per heavy atom. The highest BCUT2D eigenvalue weighted by Crippen LogP contribution is 2.16. The summed E-state index contributed by atoms with van der Waals surface area (Å²) >= 11 is 0. The van der Waals surface area contributed by atoms with E-state index in [2.05, 4.69) is 15.6 Å². The molecule has 0 spiro atoms. The van der Waals surface area contributed by atoms with Crippen molar-refractivity contribution in [2.75, 3.05) is 26.7 Å². The molecular formula is C9H13NO2. The second-order valence-electron chi connectivity index (χ2n) is 2.95.